The molecule has 0 heterocycles. The first-order chi connectivity index (χ1) is 15.9. The lowest BCUT2D eigenvalue weighted by molar-refractivity contribution is -0.144. The zero-order valence-corrected chi connectivity index (χ0v) is 21.8. The number of ether oxygens (including phenoxy) is 3. The van der Waals surface area contributed by atoms with Crippen molar-refractivity contribution in [1.29, 1.82) is 0 Å². The Morgan fingerprint density at radius 3 is 2.18 bits per heavy atom. The van der Waals surface area contributed by atoms with Crippen molar-refractivity contribution in [3.8, 4) is 5.75 Å². The summed E-state index contributed by atoms with van der Waals surface area (Å²) in [6.45, 7) is 12.1. The number of rotatable bonds is 9. The Morgan fingerprint density at radius 2 is 1.56 bits per heavy atom. The summed E-state index contributed by atoms with van der Waals surface area (Å²) in [6.07, 6.45) is -0.647. The van der Waals surface area contributed by atoms with Crippen molar-refractivity contribution in [2.45, 2.75) is 58.0 Å². The molecular weight excluding hydrogens is 450 g/mol. The Kier molecular flexibility index (Phi) is 9.43. The van der Waals surface area contributed by atoms with Crippen LogP contribution in [0.4, 0.5) is 4.79 Å². The highest BCUT2D eigenvalue weighted by molar-refractivity contribution is 6.76. The number of nitrogens with one attached hydrogen (secondary N) is 1. The molecule has 0 aliphatic heterocycles. The highest BCUT2D eigenvalue weighted by Crippen LogP contribution is 2.29. The number of benzene rings is 2. The number of hydrogen-bond acceptors (Lipinski definition) is 6. The largest absolute Gasteiger partial charge is 0.465 e. The molecule has 0 aliphatic carbocycles. The van der Waals surface area contributed by atoms with Crippen LogP contribution in [0.25, 0.3) is 0 Å². The molecule has 7 nitrogen and oxygen atoms in total. The molecule has 8 heteroatoms. The fourth-order valence-corrected chi connectivity index (χ4v) is 3.69. The van der Waals surface area contributed by atoms with Gasteiger partial charge in [0.05, 0.1) is 12.2 Å². The first kappa shape index (κ1) is 27.1. The van der Waals surface area contributed by atoms with Gasteiger partial charge in [0.25, 0.3) is 0 Å². The summed E-state index contributed by atoms with van der Waals surface area (Å²) in [6, 6.07) is 16.2. The maximum absolute atomic E-state index is 13.1. The summed E-state index contributed by atoms with van der Waals surface area (Å²) in [7, 11) is -1.41. The molecule has 0 spiro atoms. The number of esters is 2. The molecule has 0 aromatic heterocycles. The molecule has 0 unspecified atom stereocenters. The van der Waals surface area contributed by atoms with Crippen LogP contribution < -0.4 is 10.1 Å². The second-order valence-corrected chi connectivity index (χ2v) is 15.8. The lowest BCUT2D eigenvalue weighted by Gasteiger charge is -2.23. The molecule has 0 fully saturated rings. The maximum atomic E-state index is 13.1. The van der Waals surface area contributed by atoms with E-state index in [9.17, 15) is 14.4 Å². The topological polar surface area (TPSA) is 90.9 Å². The minimum Gasteiger partial charge on any atom is -0.465 e. The Bertz CT molecular complexity index is 979. The smallest absolute Gasteiger partial charge is 0.407 e. The van der Waals surface area contributed by atoms with E-state index in [1.807, 2.05) is 0 Å². The second-order valence-electron chi connectivity index (χ2n) is 10.2. The molecule has 0 saturated heterocycles. The van der Waals surface area contributed by atoms with Crippen LogP contribution >= 0.6 is 0 Å². The van der Waals surface area contributed by atoms with E-state index in [1.165, 1.54) is 0 Å². The van der Waals surface area contributed by atoms with Gasteiger partial charge in [-0.25, -0.2) is 9.59 Å². The first-order valence-corrected chi connectivity index (χ1v) is 15.1. The van der Waals surface area contributed by atoms with E-state index in [0.717, 1.165) is 6.04 Å². The number of amides is 1. The van der Waals surface area contributed by atoms with E-state index in [4.69, 9.17) is 14.2 Å². The zero-order valence-electron chi connectivity index (χ0n) is 20.8. The molecule has 2 rings (SSSR count). The van der Waals surface area contributed by atoms with E-state index < -0.39 is 37.6 Å². The van der Waals surface area contributed by atoms with Crippen molar-refractivity contribution in [3.05, 3.63) is 65.7 Å². The first-order valence-electron chi connectivity index (χ1n) is 11.4. The Labute approximate surface area is 202 Å². The summed E-state index contributed by atoms with van der Waals surface area (Å²) in [5.41, 5.74) is 0.153. The van der Waals surface area contributed by atoms with Gasteiger partial charge >= 0.3 is 18.0 Å². The molecular formula is C26H35NO6Si. The summed E-state index contributed by atoms with van der Waals surface area (Å²) < 4.78 is 16.5. The highest BCUT2D eigenvalue weighted by atomic mass is 28.3. The molecule has 1 atom stereocenters. The third-order valence-corrected chi connectivity index (χ3v) is 6.44. The Balaban J connectivity index is 2.25. The van der Waals surface area contributed by atoms with Crippen LogP contribution in [-0.4, -0.2) is 44.9 Å². The molecule has 184 valence electrons. The van der Waals surface area contributed by atoms with E-state index in [2.05, 4.69) is 25.0 Å². The van der Waals surface area contributed by atoms with Gasteiger partial charge in [0.15, 0.2) is 0 Å². The van der Waals surface area contributed by atoms with E-state index in [-0.39, 0.29) is 12.3 Å². The molecule has 2 aromatic carbocycles. The third kappa shape index (κ3) is 9.39. The van der Waals surface area contributed by atoms with Crippen LogP contribution in [0.5, 0.6) is 5.75 Å². The minimum absolute atomic E-state index is 0.0689. The van der Waals surface area contributed by atoms with Crippen LogP contribution in [0.3, 0.4) is 0 Å². The van der Waals surface area contributed by atoms with Gasteiger partial charge in [0, 0.05) is 20.2 Å². The summed E-state index contributed by atoms with van der Waals surface area (Å²) in [4.78, 5) is 38.0. The third-order valence-electron chi connectivity index (χ3n) is 4.74. The Hall–Kier alpha value is -3.13. The summed E-state index contributed by atoms with van der Waals surface area (Å²) in [5, 5.41) is 2.64. The van der Waals surface area contributed by atoms with Crippen molar-refractivity contribution in [1.82, 2.24) is 5.32 Å². The summed E-state index contributed by atoms with van der Waals surface area (Å²) >= 11 is 0. The van der Waals surface area contributed by atoms with E-state index >= 15 is 0 Å². The molecule has 0 aliphatic rings. The molecule has 1 N–H and O–H groups in total. The lowest BCUT2D eigenvalue weighted by Crippen LogP contribution is -2.37. The monoisotopic (exact) mass is 485 g/mol. The molecule has 2 aromatic rings. The average molecular weight is 486 g/mol. The van der Waals surface area contributed by atoms with Gasteiger partial charge in [-0.3, -0.25) is 4.79 Å². The summed E-state index contributed by atoms with van der Waals surface area (Å²) in [5.74, 6) is -1.69. The van der Waals surface area contributed by atoms with Gasteiger partial charge in [-0.1, -0.05) is 56.0 Å². The molecule has 0 radical (unpaired) electrons. The van der Waals surface area contributed by atoms with Crippen LogP contribution in [-0.2, 0) is 14.3 Å². The highest BCUT2D eigenvalue weighted by Gasteiger charge is 2.28. The predicted molar refractivity (Wildman–Crippen MR) is 134 cm³/mol. The van der Waals surface area contributed by atoms with Crippen molar-refractivity contribution in [2.75, 3.05) is 13.2 Å². The van der Waals surface area contributed by atoms with Crippen molar-refractivity contribution >= 4 is 26.1 Å². The Morgan fingerprint density at radius 1 is 0.941 bits per heavy atom. The number of carbonyl (C=O) groups is 3. The van der Waals surface area contributed by atoms with Crippen LogP contribution in [0.1, 0.15) is 42.6 Å². The molecule has 1 amide bonds. The number of hydrogen-bond donors (Lipinski definition) is 1. The van der Waals surface area contributed by atoms with E-state index in [0.29, 0.717) is 17.7 Å². The maximum Gasteiger partial charge on any atom is 0.407 e. The van der Waals surface area contributed by atoms with Crippen molar-refractivity contribution < 1.29 is 28.6 Å². The fourth-order valence-electron chi connectivity index (χ4n) is 2.97. The quantitative estimate of drug-likeness (QED) is 0.291. The van der Waals surface area contributed by atoms with Crippen LogP contribution in [0.2, 0.25) is 25.7 Å². The predicted octanol–water partition coefficient (Wildman–Crippen LogP) is 5.40. The van der Waals surface area contributed by atoms with Crippen LogP contribution in [0.15, 0.2) is 54.6 Å². The van der Waals surface area contributed by atoms with Gasteiger partial charge in [0.1, 0.15) is 17.3 Å². The number of para-hydroxylation sites is 1. The number of carbonyl (C=O) groups excluding carboxylic acids is 3. The SMILES string of the molecule is CC(C)(C)OC(=O)NC[C@H](C(=O)OCC[Si](C)(C)C)c1ccccc1OC(=O)c1ccccc1. The molecule has 0 saturated carbocycles. The van der Waals surface area contributed by atoms with Gasteiger partial charge in [-0.15, -0.1) is 0 Å². The molecule has 34 heavy (non-hydrogen) atoms. The van der Waals surface area contributed by atoms with Gasteiger partial charge in [-0.05, 0) is 45.0 Å². The van der Waals surface area contributed by atoms with Gasteiger partial charge < -0.3 is 19.5 Å². The zero-order chi connectivity index (χ0) is 25.4. The minimum atomic E-state index is -1.41. The standard InChI is InChI=1S/C26H35NO6Si/c1-26(2,3)33-25(30)27-18-21(24(29)31-16-17-34(4,5)6)20-14-10-11-15-22(20)32-23(28)19-12-8-7-9-13-19/h7-15,21H,16-18H2,1-6H3,(H,27,30)/t21-/m0/s1. The second kappa shape index (κ2) is 11.8. The average Bonchev–Trinajstić information content (AvgIpc) is 2.73. The lowest BCUT2D eigenvalue weighted by atomic mass is 9.98. The van der Waals surface area contributed by atoms with Crippen molar-refractivity contribution in [3.63, 3.8) is 0 Å². The van der Waals surface area contributed by atoms with Crippen molar-refractivity contribution in [2.24, 2.45) is 0 Å². The van der Waals surface area contributed by atoms with Gasteiger partial charge in [0.2, 0.25) is 0 Å². The van der Waals surface area contributed by atoms with Gasteiger partial charge in [-0.2, -0.15) is 0 Å². The normalized spacial score (nSPS) is 12.4. The van der Waals surface area contributed by atoms with Crippen LogP contribution in [0, 0.1) is 0 Å². The number of alkyl carbamates (subject to hydrolysis) is 1. The van der Waals surface area contributed by atoms with E-state index in [1.54, 1.807) is 75.4 Å². The fraction of sp³-hybridized carbons (Fsp3) is 0.423. The molecule has 0 bridgehead atoms.